The van der Waals surface area contributed by atoms with Crippen molar-refractivity contribution in [3.63, 3.8) is 0 Å². The van der Waals surface area contributed by atoms with E-state index in [9.17, 15) is 13.2 Å². The van der Waals surface area contributed by atoms with Crippen LogP contribution in [0.5, 0.6) is 5.75 Å². The highest BCUT2D eigenvalue weighted by Gasteiger charge is 2.16. The molecule has 9 heteroatoms. The molecule has 0 heterocycles. The highest BCUT2D eigenvalue weighted by molar-refractivity contribution is 7.89. The van der Waals surface area contributed by atoms with Crippen molar-refractivity contribution in [3.05, 3.63) is 23.2 Å². The van der Waals surface area contributed by atoms with Crippen LogP contribution in [0.3, 0.4) is 0 Å². The number of rotatable bonds is 7. The van der Waals surface area contributed by atoms with Crippen molar-refractivity contribution < 1.29 is 17.9 Å². The van der Waals surface area contributed by atoms with Crippen molar-refractivity contribution in [1.82, 2.24) is 10.1 Å². The molecule has 0 saturated heterocycles. The van der Waals surface area contributed by atoms with E-state index in [0.717, 1.165) is 0 Å². The summed E-state index contributed by atoms with van der Waals surface area (Å²) in [5.74, 6) is 4.77. The van der Waals surface area contributed by atoms with Crippen molar-refractivity contribution in [2.24, 2.45) is 11.8 Å². The maximum atomic E-state index is 12.0. The second kappa shape index (κ2) is 7.60. The molecule has 0 aliphatic heterocycles. The molecule has 1 amide bonds. The van der Waals surface area contributed by atoms with E-state index in [1.165, 1.54) is 18.2 Å². The number of amides is 1. The summed E-state index contributed by atoms with van der Waals surface area (Å²) < 4.78 is 31.6. The van der Waals surface area contributed by atoms with Gasteiger partial charge in [-0.15, -0.1) is 0 Å². The van der Waals surface area contributed by atoms with Crippen LogP contribution in [0.2, 0.25) is 5.02 Å². The first-order chi connectivity index (χ1) is 9.76. The van der Waals surface area contributed by atoms with Gasteiger partial charge in [0.05, 0.1) is 9.92 Å². The minimum atomic E-state index is -3.62. The molecule has 1 aromatic rings. The Bertz CT molecular complexity index is 605. The molecule has 0 aliphatic carbocycles. The summed E-state index contributed by atoms with van der Waals surface area (Å²) in [5.41, 5.74) is 1.90. The van der Waals surface area contributed by atoms with Crippen molar-refractivity contribution in [2.75, 3.05) is 13.2 Å². The summed E-state index contributed by atoms with van der Waals surface area (Å²) in [6.07, 6.45) is 0. The predicted octanol–water partition coefficient (Wildman–Crippen LogP) is 0.643. The third-order valence-electron chi connectivity index (χ3n) is 2.42. The van der Waals surface area contributed by atoms with Crippen LogP contribution in [0.4, 0.5) is 0 Å². The summed E-state index contributed by atoms with van der Waals surface area (Å²) in [6.45, 7) is 3.81. The van der Waals surface area contributed by atoms with Gasteiger partial charge in [-0.05, 0) is 24.1 Å². The second-order valence-corrected chi connectivity index (χ2v) is 6.87. The summed E-state index contributed by atoms with van der Waals surface area (Å²) in [7, 11) is -3.62. The first kappa shape index (κ1) is 17.7. The quantitative estimate of drug-likeness (QED) is 0.385. The minimum absolute atomic E-state index is 0.0313. The van der Waals surface area contributed by atoms with E-state index in [1.54, 1.807) is 0 Å². The third-order valence-corrected chi connectivity index (χ3v) is 4.13. The lowest BCUT2D eigenvalue weighted by molar-refractivity contribution is -0.123. The van der Waals surface area contributed by atoms with Crippen molar-refractivity contribution in [3.8, 4) is 5.75 Å². The average Bonchev–Trinajstić information content (AvgIpc) is 2.43. The van der Waals surface area contributed by atoms with Crippen LogP contribution in [0.25, 0.3) is 0 Å². The van der Waals surface area contributed by atoms with E-state index in [1.807, 2.05) is 19.3 Å². The Balaban J connectivity index is 2.84. The third kappa shape index (κ3) is 5.50. The summed E-state index contributed by atoms with van der Waals surface area (Å²) in [4.78, 5) is 11.0. The Labute approximate surface area is 128 Å². The predicted molar refractivity (Wildman–Crippen MR) is 79.3 cm³/mol. The molecule has 0 unspecified atom stereocenters. The monoisotopic (exact) mass is 335 g/mol. The molecule has 1 aromatic carbocycles. The zero-order valence-electron chi connectivity index (χ0n) is 11.7. The number of benzene rings is 1. The Morgan fingerprint density at radius 3 is 2.62 bits per heavy atom. The van der Waals surface area contributed by atoms with E-state index in [4.69, 9.17) is 22.2 Å². The summed E-state index contributed by atoms with van der Waals surface area (Å²) in [6, 6.07) is 4.00. The van der Waals surface area contributed by atoms with Crippen LogP contribution in [0.15, 0.2) is 23.1 Å². The molecular formula is C12H18ClN3O4S. The summed E-state index contributed by atoms with van der Waals surface area (Å²) >= 11 is 5.94. The molecule has 118 valence electrons. The number of hydrogen-bond donors (Lipinski definition) is 3. The van der Waals surface area contributed by atoms with Crippen LogP contribution >= 0.6 is 11.6 Å². The Kier molecular flexibility index (Phi) is 6.41. The average molecular weight is 336 g/mol. The van der Waals surface area contributed by atoms with Crippen LogP contribution < -0.4 is 20.7 Å². The molecule has 0 fully saturated rings. The van der Waals surface area contributed by atoms with Gasteiger partial charge in [0.25, 0.3) is 5.91 Å². The van der Waals surface area contributed by atoms with Crippen LogP contribution in [-0.2, 0) is 14.8 Å². The standard InChI is InChI=1S/C12H18ClN3O4S/c1-8(2)6-15-21(18,19)9-3-4-11(10(13)5-9)20-7-12(17)16-14/h3-5,8,15H,6-7,14H2,1-2H3,(H,16,17). The Morgan fingerprint density at radius 2 is 2.10 bits per heavy atom. The van der Waals surface area contributed by atoms with Crippen LogP contribution in [0.1, 0.15) is 13.8 Å². The molecule has 0 bridgehead atoms. The molecule has 0 aliphatic rings. The number of nitrogens with two attached hydrogens (primary N) is 1. The topological polar surface area (TPSA) is 111 Å². The largest absolute Gasteiger partial charge is 0.482 e. The van der Waals surface area contributed by atoms with Gasteiger partial charge in [0, 0.05) is 6.54 Å². The molecule has 0 atom stereocenters. The first-order valence-electron chi connectivity index (χ1n) is 6.17. The van der Waals surface area contributed by atoms with Gasteiger partial charge in [-0.3, -0.25) is 10.2 Å². The molecule has 0 spiro atoms. The van der Waals surface area contributed by atoms with E-state index in [2.05, 4.69) is 4.72 Å². The number of sulfonamides is 1. The fourth-order valence-electron chi connectivity index (χ4n) is 1.31. The number of carbonyl (C=O) groups excluding carboxylic acids is 1. The maximum absolute atomic E-state index is 12.0. The molecule has 7 nitrogen and oxygen atoms in total. The van der Waals surface area contributed by atoms with Crippen molar-refractivity contribution >= 4 is 27.5 Å². The molecule has 21 heavy (non-hydrogen) atoms. The van der Waals surface area contributed by atoms with Crippen molar-refractivity contribution in [2.45, 2.75) is 18.7 Å². The lowest BCUT2D eigenvalue weighted by Crippen LogP contribution is -2.34. The molecule has 0 saturated carbocycles. The highest BCUT2D eigenvalue weighted by atomic mass is 35.5. The lowest BCUT2D eigenvalue weighted by atomic mass is 10.2. The number of hydrazine groups is 1. The number of carbonyl (C=O) groups is 1. The van der Waals surface area contributed by atoms with Gasteiger partial charge >= 0.3 is 0 Å². The van der Waals surface area contributed by atoms with Gasteiger partial charge in [0.15, 0.2) is 6.61 Å². The fraction of sp³-hybridized carbons (Fsp3) is 0.417. The molecule has 0 aromatic heterocycles. The zero-order chi connectivity index (χ0) is 16.0. The van der Waals surface area contributed by atoms with Gasteiger partial charge in [-0.25, -0.2) is 19.0 Å². The summed E-state index contributed by atoms with van der Waals surface area (Å²) in [5, 5.41) is 0.0900. The highest BCUT2D eigenvalue weighted by Crippen LogP contribution is 2.27. The fourth-order valence-corrected chi connectivity index (χ4v) is 2.85. The first-order valence-corrected chi connectivity index (χ1v) is 8.04. The smallest absolute Gasteiger partial charge is 0.271 e. The van der Waals surface area contributed by atoms with Gasteiger partial charge in [0.1, 0.15) is 5.75 Å². The van der Waals surface area contributed by atoms with E-state index >= 15 is 0 Å². The SMILES string of the molecule is CC(C)CNS(=O)(=O)c1ccc(OCC(=O)NN)c(Cl)c1. The molecule has 1 rings (SSSR count). The van der Waals surface area contributed by atoms with Gasteiger partial charge in [-0.1, -0.05) is 25.4 Å². The number of ether oxygens (including phenoxy) is 1. The van der Waals surface area contributed by atoms with Gasteiger partial charge < -0.3 is 4.74 Å². The number of nitrogens with one attached hydrogen (secondary N) is 2. The molecule has 0 radical (unpaired) electrons. The Hall–Kier alpha value is -1.35. The van der Waals surface area contributed by atoms with Crippen LogP contribution in [-0.4, -0.2) is 27.5 Å². The maximum Gasteiger partial charge on any atom is 0.271 e. The van der Waals surface area contributed by atoms with Crippen molar-refractivity contribution in [1.29, 1.82) is 0 Å². The lowest BCUT2D eigenvalue weighted by Gasteiger charge is -2.11. The zero-order valence-corrected chi connectivity index (χ0v) is 13.3. The van der Waals surface area contributed by atoms with E-state index in [0.29, 0.717) is 6.54 Å². The molecular weight excluding hydrogens is 318 g/mol. The van der Waals surface area contributed by atoms with E-state index in [-0.39, 0.29) is 28.2 Å². The van der Waals surface area contributed by atoms with E-state index < -0.39 is 15.9 Å². The number of hydrogen-bond acceptors (Lipinski definition) is 5. The van der Waals surface area contributed by atoms with Gasteiger partial charge in [-0.2, -0.15) is 0 Å². The van der Waals surface area contributed by atoms with Crippen LogP contribution in [0, 0.1) is 5.92 Å². The molecule has 4 N–H and O–H groups in total. The normalized spacial score (nSPS) is 11.5. The second-order valence-electron chi connectivity index (χ2n) is 4.69. The Morgan fingerprint density at radius 1 is 1.43 bits per heavy atom. The van der Waals surface area contributed by atoms with Gasteiger partial charge in [0.2, 0.25) is 10.0 Å². The minimum Gasteiger partial charge on any atom is -0.482 e. The number of halogens is 1.